The van der Waals surface area contributed by atoms with Crippen molar-refractivity contribution in [2.75, 3.05) is 20.0 Å². The third kappa shape index (κ3) is 3.73. The smallest absolute Gasteiger partial charge is 0.271 e. The predicted octanol–water partition coefficient (Wildman–Crippen LogP) is 2.18. The van der Waals surface area contributed by atoms with Crippen LogP contribution in [0.2, 0.25) is 0 Å². The lowest BCUT2D eigenvalue weighted by atomic mass is 10.2. The van der Waals surface area contributed by atoms with Gasteiger partial charge in [0.15, 0.2) is 21.3 Å². The number of nitrogens with one attached hydrogen (secondary N) is 1. The third-order valence-electron chi connectivity index (χ3n) is 3.89. The van der Waals surface area contributed by atoms with Gasteiger partial charge in [-0.2, -0.15) is 0 Å². The van der Waals surface area contributed by atoms with Crippen LogP contribution in [0.1, 0.15) is 15.4 Å². The molecule has 0 bridgehead atoms. The minimum Gasteiger partial charge on any atom is -0.493 e. The predicted molar refractivity (Wildman–Crippen MR) is 99.6 cm³/mol. The minimum atomic E-state index is -3.22. The zero-order valence-electron chi connectivity index (χ0n) is 14.5. The number of hydrogen-bond donors (Lipinski definition) is 1. The largest absolute Gasteiger partial charge is 0.493 e. The molecule has 0 aliphatic carbocycles. The highest BCUT2D eigenvalue weighted by molar-refractivity contribution is 7.94. The first-order valence-electron chi connectivity index (χ1n) is 7.74. The Morgan fingerprint density at radius 2 is 2.00 bits per heavy atom. The Morgan fingerprint density at radius 3 is 2.62 bits per heavy atom. The molecule has 9 heteroatoms. The number of carbonyl (C=O) groups excluding carboxylic acids is 1. The number of rotatable bonds is 5. The Balaban J connectivity index is 1.83. The van der Waals surface area contributed by atoms with Gasteiger partial charge in [0.25, 0.3) is 5.91 Å². The van der Waals surface area contributed by atoms with E-state index in [1.807, 2.05) is 6.07 Å². The highest BCUT2D eigenvalue weighted by atomic mass is 32.2. The third-order valence-corrected chi connectivity index (χ3v) is 6.30. The quantitative estimate of drug-likeness (QED) is 0.835. The zero-order chi connectivity index (χ0) is 18.9. The molecule has 7 nitrogen and oxygen atoms in total. The molecule has 0 saturated carbocycles. The molecule has 3 rings (SSSR count). The number of methoxy groups -OCH3 is 2. The molecule has 0 spiro atoms. The van der Waals surface area contributed by atoms with Crippen molar-refractivity contribution in [2.24, 2.45) is 0 Å². The molecule has 0 radical (unpaired) electrons. The molecule has 2 heterocycles. The van der Waals surface area contributed by atoms with Gasteiger partial charge in [-0.25, -0.2) is 13.4 Å². The molecule has 138 valence electrons. The first-order chi connectivity index (χ1) is 12.3. The zero-order valence-corrected chi connectivity index (χ0v) is 16.1. The summed E-state index contributed by atoms with van der Waals surface area (Å²) in [7, 11) is -0.111. The number of nitrogens with zero attached hydrogens (tertiary/aromatic N) is 1. The maximum absolute atomic E-state index is 12.5. The van der Waals surface area contributed by atoms with E-state index in [1.165, 1.54) is 17.4 Å². The Kier molecular flexibility index (Phi) is 5.01. The molecule has 2 aromatic rings. The van der Waals surface area contributed by atoms with Gasteiger partial charge < -0.3 is 14.8 Å². The molecule has 26 heavy (non-hydrogen) atoms. The Hall–Kier alpha value is -2.39. The average Bonchev–Trinajstić information content (AvgIpc) is 3.16. The Bertz CT molecular complexity index is 979. The lowest BCUT2D eigenvalue weighted by Crippen LogP contribution is -2.35. The topological polar surface area (TPSA) is 94.6 Å². The van der Waals surface area contributed by atoms with Crippen molar-refractivity contribution in [2.45, 2.75) is 13.0 Å². The van der Waals surface area contributed by atoms with Gasteiger partial charge in [-0.3, -0.25) is 4.79 Å². The molecule has 1 aromatic heterocycles. The van der Waals surface area contributed by atoms with Gasteiger partial charge in [-0.05, 0) is 31.2 Å². The highest BCUT2D eigenvalue weighted by Gasteiger charge is 2.25. The summed E-state index contributed by atoms with van der Waals surface area (Å²) in [5.74, 6) is 0.670. The number of aryl methyl sites for hydroxylation is 1. The first kappa shape index (κ1) is 18.4. The number of sulfone groups is 1. The van der Waals surface area contributed by atoms with Crippen molar-refractivity contribution in [3.8, 4) is 22.1 Å². The van der Waals surface area contributed by atoms with Crippen LogP contribution >= 0.6 is 11.3 Å². The van der Waals surface area contributed by atoms with E-state index in [-0.39, 0.29) is 11.4 Å². The second-order valence-electron chi connectivity index (χ2n) is 5.73. The van der Waals surface area contributed by atoms with Gasteiger partial charge in [0.05, 0.1) is 26.0 Å². The van der Waals surface area contributed by atoms with Crippen LogP contribution in [0, 0.1) is 6.92 Å². The van der Waals surface area contributed by atoms with Crippen LogP contribution in [0.5, 0.6) is 11.5 Å². The van der Waals surface area contributed by atoms with E-state index in [9.17, 15) is 13.2 Å². The average molecular weight is 394 g/mol. The Morgan fingerprint density at radius 1 is 1.27 bits per heavy atom. The molecule has 1 atom stereocenters. The normalized spacial score (nSPS) is 17.9. The maximum atomic E-state index is 12.5. The van der Waals surface area contributed by atoms with Gasteiger partial charge in [0.2, 0.25) is 0 Å². The van der Waals surface area contributed by atoms with Crippen LogP contribution < -0.4 is 14.8 Å². The van der Waals surface area contributed by atoms with E-state index >= 15 is 0 Å². The van der Waals surface area contributed by atoms with Gasteiger partial charge in [-0.15, -0.1) is 11.3 Å². The van der Waals surface area contributed by atoms with Crippen LogP contribution in [0.4, 0.5) is 0 Å². The summed E-state index contributed by atoms with van der Waals surface area (Å²) in [5.41, 5.74) is 1.09. The van der Waals surface area contributed by atoms with Crippen molar-refractivity contribution in [1.29, 1.82) is 0 Å². The summed E-state index contributed by atoms with van der Waals surface area (Å²) in [5, 5.41) is 4.49. The van der Waals surface area contributed by atoms with Crippen molar-refractivity contribution < 1.29 is 22.7 Å². The van der Waals surface area contributed by atoms with Gasteiger partial charge in [0.1, 0.15) is 10.7 Å². The van der Waals surface area contributed by atoms with Gasteiger partial charge in [0, 0.05) is 15.8 Å². The molecule has 1 aliphatic heterocycles. The molecule has 1 unspecified atom stereocenters. The summed E-state index contributed by atoms with van der Waals surface area (Å²) < 4.78 is 33.4. The number of thiazole rings is 1. The highest BCUT2D eigenvalue weighted by Crippen LogP contribution is 2.34. The molecular weight excluding hydrogens is 376 g/mol. The second-order valence-corrected chi connectivity index (χ2v) is 8.87. The first-order valence-corrected chi connectivity index (χ1v) is 10.3. The van der Waals surface area contributed by atoms with Crippen LogP contribution in [0.15, 0.2) is 29.7 Å². The summed E-state index contributed by atoms with van der Waals surface area (Å²) >= 11 is 1.38. The fourth-order valence-electron chi connectivity index (χ4n) is 2.60. The minimum absolute atomic E-state index is 0.121. The van der Waals surface area contributed by atoms with Crippen molar-refractivity contribution in [1.82, 2.24) is 10.3 Å². The Labute approximate surface area is 155 Å². The molecule has 0 saturated heterocycles. The van der Waals surface area contributed by atoms with Gasteiger partial charge in [-0.1, -0.05) is 0 Å². The fraction of sp³-hybridized carbons (Fsp3) is 0.294. The number of amides is 1. The molecular formula is C17H18N2O5S2. The lowest BCUT2D eigenvalue weighted by molar-refractivity contribution is 0.0943. The van der Waals surface area contributed by atoms with Crippen LogP contribution in [-0.2, 0) is 9.84 Å². The number of hydrogen-bond acceptors (Lipinski definition) is 7. The van der Waals surface area contributed by atoms with Crippen LogP contribution in [0.3, 0.4) is 0 Å². The summed E-state index contributed by atoms with van der Waals surface area (Å²) in [6.07, 6.45) is 1.48. The second kappa shape index (κ2) is 7.08. The summed E-state index contributed by atoms with van der Waals surface area (Å²) in [6, 6.07) is 4.88. The number of carbonyl (C=O) groups is 1. The number of ether oxygens (including phenoxy) is 2. The van der Waals surface area contributed by atoms with Crippen molar-refractivity contribution in [3.63, 3.8) is 0 Å². The fourth-order valence-corrected chi connectivity index (χ4v) is 4.74. The monoisotopic (exact) mass is 394 g/mol. The van der Waals surface area contributed by atoms with E-state index < -0.39 is 21.8 Å². The number of benzene rings is 1. The van der Waals surface area contributed by atoms with E-state index in [0.29, 0.717) is 16.5 Å². The molecule has 1 aromatic carbocycles. The van der Waals surface area contributed by atoms with E-state index in [1.54, 1.807) is 33.3 Å². The molecule has 1 aliphatic rings. The van der Waals surface area contributed by atoms with Crippen LogP contribution in [0.25, 0.3) is 10.6 Å². The SMILES string of the molecule is COc1ccc(-c2nc(C(=O)NC3C=CS(=O)(=O)C3)c(C)s2)cc1OC. The molecule has 1 N–H and O–H groups in total. The van der Waals surface area contributed by atoms with Crippen molar-refractivity contribution >= 4 is 27.1 Å². The van der Waals surface area contributed by atoms with Crippen molar-refractivity contribution in [3.05, 3.63) is 40.3 Å². The van der Waals surface area contributed by atoms with E-state index in [4.69, 9.17) is 9.47 Å². The summed E-state index contributed by atoms with van der Waals surface area (Å²) in [4.78, 5) is 17.6. The van der Waals surface area contributed by atoms with Crippen LogP contribution in [-0.4, -0.2) is 45.3 Å². The van der Waals surface area contributed by atoms with E-state index in [2.05, 4.69) is 10.3 Å². The van der Waals surface area contributed by atoms with Gasteiger partial charge >= 0.3 is 0 Å². The standard InChI is InChI=1S/C17H18N2O5S2/c1-10-15(16(20)18-12-6-7-26(21,22)9-12)19-17(25-10)11-4-5-13(23-2)14(8-11)24-3/h4-8,12H,9H2,1-3H3,(H,18,20). The molecule has 0 fully saturated rings. The summed E-state index contributed by atoms with van der Waals surface area (Å²) in [6.45, 7) is 1.80. The molecule has 1 amide bonds. The number of aromatic nitrogens is 1. The van der Waals surface area contributed by atoms with E-state index in [0.717, 1.165) is 15.8 Å². The lowest BCUT2D eigenvalue weighted by Gasteiger charge is -2.09. The maximum Gasteiger partial charge on any atom is 0.271 e.